The number of benzene rings is 2. The summed E-state index contributed by atoms with van der Waals surface area (Å²) >= 11 is 3.21. The lowest BCUT2D eigenvalue weighted by Gasteiger charge is -2.11. The minimum Gasteiger partial charge on any atom is -0.384 e. The lowest BCUT2D eigenvalue weighted by molar-refractivity contribution is 0.228. The van der Waals surface area contributed by atoms with E-state index in [2.05, 4.69) is 15.9 Å². The molecule has 22 heavy (non-hydrogen) atoms. The molecule has 0 aliphatic heterocycles. The molecule has 1 unspecified atom stereocenters. The molecule has 2 aromatic rings. The molecule has 116 valence electrons. The monoisotopic (exact) mass is 380 g/mol. The van der Waals surface area contributed by atoms with E-state index in [0.717, 1.165) is 5.56 Å². The van der Waals surface area contributed by atoms with Gasteiger partial charge in [0.2, 0.25) is 9.84 Å². The van der Waals surface area contributed by atoms with Crippen LogP contribution in [0.1, 0.15) is 17.2 Å². The van der Waals surface area contributed by atoms with Gasteiger partial charge in [-0.2, -0.15) is 0 Å². The van der Waals surface area contributed by atoms with Crippen molar-refractivity contribution in [2.75, 3.05) is 5.33 Å². The van der Waals surface area contributed by atoms with Gasteiger partial charge >= 0.3 is 0 Å². The number of alkyl halides is 1. The van der Waals surface area contributed by atoms with Gasteiger partial charge in [-0.15, -0.1) is 0 Å². The van der Waals surface area contributed by atoms with E-state index in [1.165, 1.54) is 6.08 Å². The molecule has 0 spiro atoms. The Morgan fingerprint density at radius 2 is 1.73 bits per heavy atom. The Hall–Kier alpha value is -1.43. The first-order chi connectivity index (χ1) is 10.4. The second-order valence-electron chi connectivity index (χ2n) is 4.94. The van der Waals surface area contributed by atoms with Crippen LogP contribution in [0.4, 0.5) is 0 Å². The molecule has 1 N–H and O–H groups in total. The largest absolute Gasteiger partial charge is 0.384 e. The van der Waals surface area contributed by atoms with Crippen molar-refractivity contribution < 1.29 is 13.5 Å². The van der Waals surface area contributed by atoms with Gasteiger partial charge in [0.1, 0.15) is 0 Å². The third kappa shape index (κ3) is 3.85. The standard InChI is InChI=1S/C17H17BrO3S/c1-13-7-9-15(10-8-13)22(20,21)16(12-18)11-17(19)14-5-3-2-4-6-14/h2-11,17,19H,12H2,1H3/b16-11+. The third-order valence-corrected chi connectivity index (χ3v) is 6.13. The summed E-state index contributed by atoms with van der Waals surface area (Å²) in [4.78, 5) is 0.372. The van der Waals surface area contributed by atoms with Crippen molar-refractivity contribution >= 4 is 25.8 Å². The summed E-state index contributed by atoms with van der Waals surface area (Å²) < 4.78 is 25.3. The average molecular weight is 381 g/mol. The second-order valence-corrected chi connectivity index (χ2v) is 7.50. The number of hydrogen-bond acceptors (Lipinski definition) is 3. The first-order valence-electron chi connectivity index (χ1n) is 6.76. The zero-order valence-corrected chi connectivity index (χ0v) is 14.5. The molecule has 0 saturated carbocycles. The Balaban J connectivity index is 2.38. The van der Waals surface area contributed by atoms with Crippen molar-refractivity contribution in [3.05, 3.63) is 76.7 Å². The maximum Gasteiger partial charge on any atom is 0.203 e. The highest BCUT2D eigenvalue weighted by molar-refractivity contribution is 9.09. The van der Waals surface area contributed by atoms with Gasteiger partial charge in [-0.1, -0.05) is 64.0 Å². The summed E-state index contributed by atoms with van der Waals surface area (Å²) in [6, 6.07) is 15.6. The number of rotatable bonds is 5. The lowest BCUT2D eigenvalue weighted by atomic mass is 10.1. The molecule has 0 amide bonds. The number of allylic oxidation sites excluding steroid dienone is 1. The molecule has 0 saturated heterocycles. The normalized spacial score (nSPS) is 13.9. The molecule has 0 aromatic heterocycles. The van der Waals surface area contributed by atoms with E-state index in [1.54, 1.807) is 48.5 Å². The van der Waals surface area contributed by atoms with Crippen molar-refractivity contribution in [2.45, 2.75) is 17.9 Å². The predicted molar refractivity (Wildman–Crippen MR) is 91.6 cm³/mol. The zero-order valence-electron chi connectivity index (χ0n) is 12.1. The molecule has 2 aromatic carbocycles. The van der Waals surface area contributed by atoms with Gasteiger partial charge in [0, 0.05) is 5.33 Å². The number of aliphatic hydroxyl groups excluding tert-OH is 1. The topological polar surface area (TPSA) is 54.4 Å². The van der Waals surface area contributed by atoms with E-state index in [-0.39, 0.29) is 15.1 Å². The van der Waals surface area contributed by atoms with Crippen molar-refractivity contribution in [2.24, 2.45) is 0 Å². The van der Waals surface area contributed by atoms with Gasteiger partial charge in [0.25, 0.3) is 0 Å². The van der Waals surface area contributed by atoms with Crippen molar-refractivity contribution in [3.63, 3.8) is 0 Å². The van der Waals surface area contributed by atoms with Gasteiger partial charge < -0.3 is 5.11 Å². The summed E-state index contributed by atoms with van der Waals surface area (Å²) in [5.74, 6) is 0. The van der Waals surface area contributed by atoms with Crippen molar-refractivity contribution in [1.29, 1.82) is 0 Å². The first-order valence-corrected chi connectivity index (χ1v) is 9.37. The molecule has 3 nitrogen and oxygen atoms in total. The van der Waals surface area contributed by atoms with Crippen LogP contribution >= 0.6 is 15.9 Å². The van der Waals surface area contributed by atoms with Crippen LogP contribution in [0.25, 0.3) is 0 Å². The van der Waals surface area contributed by atoms with E-state index in [4.69, 9.17) is 0 Å². The fourth-order valence-electron chi connectivity index (χ4n) is 2.00. The van der Waals surface area contributed by atoms with Crippen LogP contribution in [0.3, 0.4) is 0 Å². The van der Waals surface area contributed by atoms with Crippen LogP contribution in [0, 0.1) is 6.92 Å². The Kier molecular flexibility index (Phi) is 5.56. The summed E-state index contributed by atoms with van der Waals surface area (Å²) in [6.07, 6.45) is 0.410. The summed E-state index contributed by atoms with van der Waals surface area (Å²) in [5, 5.41) is 10.4. The summed E-state index contributed by atoms with van der Waals surface area (Å²) in [6.45, 7) is 1.90. The van der Waals surface area contributed by atoms with E-state index >= 15 is 0 Å². The van der Waals surface area contributed by atoms with Crippen LogP contribution in [-0.4, -0.2) is 18.9 Å². The van der Waals surface area contributed by atoms with Crippen LogP contribution in [0.5, 0.6) is 0 Å². The Morgan fingerprint density at radius 1 is 1.14 bits per heavy atom. The maximum atomic E-state index is 12.6. The van der Waals surface area contributed by atoms with Gasteiger partial charge in [-0.3, -0.25) is 0 Å². The van der Waals surface area contributed by atoms with Gasteiger partial charge in [-0.05, 0) is 30.7 Å². The Labute approximate surface area is 139 Å². The number of hydrogen-bond donors (Lipinski definition) is 1. The summed E-state index contributed by atoms with van der Waals surface area (Å²) in [7, 11) is -3.62. The molecular weight excluding hydrogens is 364 g/mol. The van der Waals surface area contributed by atoms with Gasteiger partial charge in [0.05, 0.1) is 15.9 Å². The highest BCUT2D eigenvalue weighted by Gasteiger charge is 2.21. The minimum atomic E-state index is -3.62. The Bertz CT molecular complexity index is 750. The highest BCUT2D eigenvalue weighted by Crippen LogP contribution is 2.25. The number of halogens is 1. The van der Waals surface area contributed by atoms with Crippen LogP contribution in [0.15, 0.2) is 70.5 Å². The van der Waals surface area contributed by atoms with Gasteiger partial charge in [0.15, 0.2) is 0 Å². The quantitative estimate of drug-likeness (QED) is 0.802. The van der Waals surface area contributed by atoms with E-state index in [0.29, 0.717) is 5.56 Å². The third-order valence-electron chi connectivity index (χ3n) is 3.29. The Morgan fingerprint density at radius 3 is 2.27 bits per heavy atom. The molecule has 0 aliphatic carbocycles. The van der Waals surface area contributed by atoms with E-state index in [9.17, 15) is 13.5 Å². The molecule has 0 heterocycles. The highest BCUT2D eigenvalue weighted by atomic mass is 79.9. The van der Waals surface area contributed by atoms with Crippen LogP contribution < -0.4 is 0 Å². The fraction of sp³-hybridized carbons (Fsp3) is 0.176. The smallest absolute Gasteiger partial charge is 0.203 e. The van der Waals surface area contributed by atoms with Crippen molar-refractivity contribution in [1.82, 2.24) is 0 Å². The second kappa shape index (κ2) is 7.22. The first kappa shape index (κ1) is 16.9. The molecular formula is C17H17BrO3S. The molecule has 0 bridgehead atoms. The molecule has 2 rings (SSSR count). The zero-order chi connectivity index (χ0) is 16.2. The average Bonchev–Trinajstić information content (AvgIpc) is 2.53. The SMILES string of the molecule is Cc1ccc(S(=O)(=O)/C(=C/C(O)c2ccccc2)CBr)cc1. The van der Waals surface area contributed by atoms with E-state index < -0.39 is 15.9 Å². The van der Waals surface area contributed by atoms with Crippen LogP contribution in [-0.2, 0) is 9.84 Å². The van der Waals surface area contributed by atoms with E-state index in [1.807, 2.05) is 13.0 Å². The van der Waals surface area contributed by atoms with Crippen LogP contribution in [0.2, 0.25) is 0 Å². The lowest BCUT2D eigenvalue weighted by Crippen LogP contribution is -2.08. The fourth-order valence-corrected chi connectivity index (χ4v) is 4.34. The minimum absolute atomic E-state index is 0.146. The maximum absolute atomic E-state index is 12.6. The molecule has 5 heteroatoms. The molecule has 0 radical (unpaired) electrons. The number of aliphatic hydroxyl groups is 1. The number of sulfone groups is 1. The van der Waals surface area contributed by atoms with Crippen molar-refractivity contribution in [3.8, 4) is 0 Å². The van der Waals surface area contributed by atoms with Gasteiger partial charge in [-0.25, -0.2) is 8.42 Å². The number of aryl methyl sites for hydroxylation is 1. The molecule has 1 atom stereocenters. The molecule has 0 fully saturated rings. The summed E-state index contributed by atoms with van der Waals surface area (Å²) in [5.41, 5.74) is 1.65. The molecule has 0 aliphatic rings. The predicted octanol–water partition coefficient (Wildman–Crippen LogP) is 3.78.